The van der Waals surface area contributed by atoms with E-state index in [-0.39, 0.29) is 65.8 Å². The van der Waals surface area contributed by atoms with Crippen molar-refractivity contribution in [2.75, 3.05) is 39.9 Å². The Bertz CT molecular complexity index is 3320. The number of ketones is 3. The first-order valence-corrected chi connectivity index (χ1v) is 27.4. The number of aromatic nitrogens is 5. The summed E-state index contributed by atoms with van der Waals surface area (Å²) in [5.41, 5.74) is 0.884. The van der Waals surface area contributed by atoms with E-state index in [1.54, 1.807) is 54.0 Å². The van der Waals surface area contributed by atoms with Gasteiger partial charge in [0.05, 0.1) is 72.9 Å². The number of hydrogen-bond acceptors (Lipinski definition) is 21. The molecule has 4 N–H and O–H groups in total. The number of nitro groups is 1. The molecule has 5 bridgehead atoms. The lowest BCUT2D eigenvalue weighted by atomic mass is 9.78. The molecule has 2 aromatic heterocycles. The zero-order valence-corrected chi connectivity index (χ0v) is 47.6. The lowest BCUT2D eigenvalue weighted by Gasteiger charge is -2.38. The van der Waals surface area contributed by atoms with Crippen molar-refractivity contribution in [3.8, 4) is 17.5 Å². The first kappa shape index (κ1) is 59.5. The Labute approximate surface area is 478 Å². The van der Waals surface area contributed by atoms with Crippen LogP contribution >= 0.6 is 0 Å². The third-order valence-electron chi connectivity index (χ3n) is 16.2. The predicted octanol–water partition coefficient (Wildman–Crippen LogP) is 4.50. The number of nitrogens with zero attached hydrogens (tertiary/aromatic N) is 8. The third-order valence-corrected chi connectivity index (χ3v) is 16.2. The molecule has 25 heteroatoms. The van der Waals surface area contributed by atoms with Crippen LogP contribution in [0.4, 0.5) is 5.82 Å². The summed E-state index contributed by atoms with van der Waals surface area (Å²) in [6.07, 6.45) is 6.12. The number of carbonyl (C=O) groups excluding carboxylic acids is 5. The number of phenolic OH excluding ortho intramolecular Hbond substituents is 1. The molecule has 1 fully saturated rings. The summed E-state index contributed by atoms with van der Waals surface area (Å²) < 4.78 is 38.7. The van der Waals surface area contributed by atoms with Gasteiger partial charge in [-0.05, 0) is 36.0 Å². The summed E-state index contributed by atoms with van der Waals surface area (Å²) in [4.78, 5) is 89.9. The number of aliphatic hydroxyl groups is 2. The Morgan fingerprint density at radius 2 is 1.63 bits per heavy atom. The van der Waals surface area contributed by atoms with Crippen molar-refractivity contribution < 1.29 is 72.6 Å². The summed E-state index contributed by atoms with van der Waals surface area (Å²) in [6, 6.07) is 7.99. The van der Waals surface area contributed by atoms with Gasteiger partial charge in [-0.25, -0.2) is 4.68 Å². The van der Waals surface area contributed by atoms with E-state index in [1.165, 1.54) is 59.4 Å². The standard InChI is InChI=1S/C58H69N9O16/c1-30-11-10-12-31(2)56(75)60-46-47(64-20-18-63(19-21-64)24-39-25-66(62-61-39)23-37-13-15-38(16-14-37)28-79-40-26-65-27-42(67(76)77)59-57(65)80-29-40)52(73)43-44(51(46)72)50(71)35(6)54-45(43)55(74)58(8,83-54)81-22-17-41(78-9)32(3)53(82-36(7)68)34(5)49(70)33(4)48(30)69/h10-17,22,25,27,30,32-34,40-41,48-49,53,69-71H,18-21,23-24,26,28-29H2,1-9H3,(H,60,75)/t30-,32+,33+,34+,40-,41-,48-,49+,53+,58-/m0/s1. The van der Waals surface area contributed by atoms with Crippen LogP contribution in [0.2, 0.25) is 0 Å². The monoisotopic (exact) mass is 1150 g/mol. The van der Waals surface area contributed by atoms with Crippen molar-refractivity contribution in [2.24, 2.45) is 23.7 Å². The van der Waals surface area contributed by atoms with E-state index in [9.17, 15) is 44.6 Å². The lowest BCUT2D eigenvalue weighted by Crippen LogP contribution is -2.49. The van der Waals surface area contributed by atoms with Gasteiger partial charge in [0, 0.05) is 93.5 Å². The first-order chi connectivity index (χ1) is 39.5. The molecule has 0 saturated carbocycles. The van der Waals surface area contributed by atoms with E-state index in [2.05, 4.69) is 25.5 Å². The van der Waals surface area contributed by atoms with E-state index < -0.39 is 111 Å². The number of piperazine rings is 1. The Kier molecular flexibility index (Phi) is 17.5. The van der Waals surface area contributed by atoms with Crippen LogP contribution in [-0.4, -0.2) is 160 Å². The highest BCUT2D eigenvalue weighted by molar-refractivity contribution is 6.32. The van der Waals surface area contributed by atoms with E-state index >= 15 is 4.79 Å². The van der Waals surface area contributed by atoms with Gasteiger partial charge < -0.3 is 64.1 Å². The molecule has 1 amide bonds. The van der Waals surface area contributed by atoms with Crippen LogP contribution in [0.5, 0.6) is 17.5 Å². The SMILES string of the molecule is CO[C@H]1C=CO[C@@]2(C)Oc3c(C)c(O)c4c(c3C2=O)C(=O)C(N2CCN(Cc3cn(Cc5ccc(CO[C@@H]6COc7nc([N+](=O)[O-])cn7C6)cc5)nn3)CC2)=C(NC(=O)C(C)=CC=C[C@H](C)[C@H](O)[C@@H](C)[C@@H](O)[C@@H](C)[C@H](OC(C)=O)[C@@H]1C)C4=O. The number of carbonyl (C=O) groups is 5. The van der Waals surface area contributed by atoms with Crippen LogP contribution in [0, 0.1) is 40.7 Å². The normalized spacial score (nSPS) is 27.1. The minimum Gasteiger partial charge on any atom is -0.507 e. The molecule has 2 aromatic carbocycles. The van der Waals surface area contributed by atoms with Crippen LogP contribution in [-0.2, 0) is 54.8 Å². The lowest BCUT2D eigenvalue weighted by molar-refractivity contribution is -0.389. The van der Waals surface area contributed by atoms with Crippen molar-refractivity contribution in [1.82, 2.24) is 39.7 Å². The highest BCUT2D eigenvalue weighted by atomic mass is 16.7. The second-order valence-electron chi connectivity index (χ2n) is 22.0. The summed E-state index contributed by atoms with van der Waals surface area (Å²) in [5.74, 6) is -9.79. The van der Waals surface area contributed by atoms with Crippen LogP contribution in [0.25, 0.3) is 0 Å². The number of rotatable bonds is 11. The zero-order valence-electron chi connectivity index (χ0n) is 47.6. The highest BCUT2D eigenvalue weighted by Gasteiger charge is 2.53. The molecule has 0 unspecified atom stereocenters. The molecule has 0 radical (unpaired) electrons. The molecule has 1 saturated heterocycles. The molecule has 83 heavy (non-hydrogen) atoms. The second-order valence-corrected chi connectivity index (χ2v) is 22.0. The van der Waals surface area contributed by atoms with Gasteiger partial charge in [-0.2, -0.15) is 0 Å². The number of aliphatic hydroxyl groups excluding tert-OH is 2. The van der Waals surface area contributed by atoms with E-state index in [4.69, 9.17) is 28.4 Å². The second kappa shape index (κ2) is 24.4. The maximum Gasteiger partial charge on any atom is 0.414 e. The van der Waals surface area contributed by atoms with Crippen molar-refractivity contribution in [1.29, 1.82) is 0 Å². The molecule has 4 aromatic rings. The Hall–Kier alpha value is -8.10. The van der Waals surface area contributed by atoms with Crippen LogP contribution < -0.4 is 14.8 Å². The van der Waals surface area contributed by atoms with Gasteiger partial charge in [0.15, 0.2) is 0 Å². The topological polar surface area (TPSA) is 312 Å². The molecule has 25 nitrogen and oxygen atoms in total. The maximum absolute atomic E-state index is 15.3. The number of phenols is 1. The Morgan fingerprint density at radius 1 is 0.916 bits per heavy atom. The number of imidazole rings is 1. The van der Waals surface area contributed by atoms with E-state index in [0.717, 1.165) is 11.1 Å². The van der Waals surface area contributed by atoms with Gasteiger partial charge in [0.2, 0.25) is 11.6 Å². The first-order valence-electron chi connectivity index (χ1n) is 27.4. The van der Waals surface area contributed by atoms with Gasteiger partial charge in [-0.1, -0.05) is 75.4 Å². The number of hydrogen-bond donors (Lipinski definition) is 4. The number of esters is 1. The number of amides is 1. The van der Waals surface area contributed by atoms with Crippen molar-refractivity contribution in [3.63, 3.8) is 0 Å². The quantitative estimate of drug-likeness (QED) is 0.0913. The smallest absolute Gasteiger partial charge is 0.414 e. The molecule has 442 valence electrons. The number of ether oxygens (including phenoxy) is 6. The predicted molar refractivity (Wildman–Crippen MR) is 294 cm³/mol. The molecular weight excluding hydrogens is 1080 g/mol. The number of benzene rings is 2. The molecule has 10 rings (SSSR count). The van der Waals surface area contributed by atoms with Gasteiger partial charge in [0.1, 0.15) is 47.9 Å². The van der Waals surface area contributed by atoms with Gasteiger partial charge >= 0.3 is 23.6 Å². The average molecular weight is 1150 g/mol. The fraction of sp³-hybridized carbons (Fsp3) is 0.483. The molecule has 5 aliphatic heterocycles. The summed E-state index contributed by atoms with van der Waals surface area (Å²) in [5, 5.41) is 57.5. The number of Topliss-reactive ketones (excluding diaryl/α,β-unsaturated/α-hetero) is 3. The maximum atomic E-state index is 15.3. The van der Waals surface area contributed by atoms with Crippen LogP contribution in [0.3, 0.4) is 0 Å². The van der Waals surface area contributed by atoms with Crippen LogP contribution in [0.1, 0.15) is 102 Å². The van der Waals surface area contributed by atoms with Crippen molar-refractivity contribution in [3.05, 3.63) is 133 Å². The summed E-state index contributed by atoms with van der Waals surface area (Å²) >= 11 is 0. The van der Waals surface area contributed by atoms with Crippen molar-refractivity contribution >= 4 is 35.0 Å². The van der Waals surface area contributed by atoms with Crippen LogP contribution in [0.15, 0.2) is 84.2 Å². The molecule has 10 atom stereocenters. The number of methoxy groups -OCH3 is 1. The Balaban J connectivity index is 0.936. The summed E-state index contributed by atoms with van der Waals surface area (Å²) in [7, 11) is 1.42. The highest BCUT2D eigenvalue weighted by Crippen LogP contribution is 2.49. The zero-order chi connectivity index (χ0) is 59.8. The summed E-state index contributed by atoms with van der Waals surface area (Å²) in [6.45, 7) is 15.2. The molecule has 7 heterocycles. The number of allylic oxidation sites excluding steroid dienone is 4. The largest absolute Gasteiger partial charge is 0.507 e. The van der Waals surface area contributed by atoms with Crippen molar-refractivity contribution in [2.45, 2.75) is 118 Å². The van der Waals surface area contributed by atoms with Gasteiger partial charge in [-0.3, -0.25) is 33.4 Å². The average Bonchev–Trinajstić information content (AvgIpc) is 1.86. The van der Waals surface area contributed by atoms with E-state index in [1.807, 2.05) is 30.5 Å². The minimum absolute atomic E-state index is 0.0261. The number of aromatic hydroxyl groups is 1. The number of fused-ring (bicyclic) bond motifs is 15. The molecule has 1 aliphatic carbocycles. The minimum atomic E-state index is -2.14. The van der Waals surface area contributed by atoms with E-state index in [0.29, 0.717) is 45.0 Å². The Morgan fingerprint density at radius 3 is 2.31 bits per heavy atom. The molecule has 6 aliphatic rings. The fourth-order valence-corrected chi connectivity index (χ4v) is 11.2. The van der Waals surface area contributed by atoms with Gasteiger partial charge in [0.25, 0.3) is 11.7 Å². The molecular formula is C58H69N9O16. The fourth-order valence-electron chi connectivity index (χ4n) is 11.2. The third kappa shape index (κ3) is 12.2. The van der Waals surface area contributed by atoms with Gasteiger partial charge in [-0.15, -0.1) is 5.10 Å². The molecule has 0 spiro atoms. The number of nitrogens with one attached hydrogen (secondary N) is 1.